The first-order valence-electron chi connectivity index (χ1n) is 9.40. The van der Waals surface area contributed by atoms with Crippen LogP contribution in [0.4, 0.5) is 4.39 Å². The maximum Gasteiger partial charge on any atom is 0.207 e. The molecule has 0 fully saturated rings. The van der Waals surface area contributed by atoms with Crippen molar-refractivity contribution in [3.63, 3.8) is 0 Å². The van der Waals surface area contributed by atoms with E-state index in [0.717, 1.165) is 12.0 Å². The van der Waals surface area contributed by atoms with Gasteiger partial charge in [0.25, 0.3) is 0 Å². The van der Waals surface area contributed by atoms with Gasteiger partial charge < -0.3 is 10.5 Å². The minimum atomic E-state index is -0.271. The van der Waals surface area contributed by atoms with Crippen molar-refractivity contribution in [3.8, 4) is 0 Å². The molecular formula is C22H33FN2O. The van der Waals surface area contributed by atoms with Crippen LogP contribution >= 0.6 is 0 Å². The summed E-state index contributed by atoms with van der Waals surface area (Å²) in [4.78, 5) is 4.23. The highest BCUT2D eigenvalue weighted by molar-refractivity contribution is 5.99. The van der Waals surface area contributed by atoms with Crippen molar-refractivity contribution < 1.29 is 9.13 Å². The molecule has 0 heterocycles. The molecule has 1 aromatic rings. The van der Waals surface area contributed by atoms with Crippen LogP contribution < -0.4 is 5.73 Å². The van der Waals surface area contributed by atoms with E-state index in [1.807, 2.05) is 26.0 Å². The minimum absolute atomic E-state index is 0.222. The Hall–Kier alpha value is -2.10. The van der Waals surface area contributed by atoms with E-state index in [4.69, 9.17) is 10.5 Å². The number of aryl methyl sites for hydroxylation is 1. The summed E-state index contributed by atoms with van der Waals surface area (Å²) in [5, 5.41) is 0. The molecule has 1 atom stereocenters. The number of unbranched alkanes of at least 4 members (excludes halogenated alkanes) is 2. The smallest absolute Gasteiger partial charge is 0.207 e. The molecule has 26 heavy (non-hydrogen) atoms. The summed E-state index contributed by atoms with van der Waals surface area (Å²) in [5.74, 6) is 0.656. The molecule has 0 aliphatic rings. The summed E-state index contributed by atoms with van der Waals surface area (Å²) in [5.41, 5.74) is 8.54. The van der Waals surface area contributed by atoms with Crippen LogP contribution in [0.2, 0.25) is 0 Å². The van der Waals surface area contributed by atoms with Crippen LogP contribution in [0.1, 0.15) is 68.7 Å². The summed E-state index contributed by atoms with van der Waals surface area (Å²) in [6.07, 6.45) is 8.36. The van der Waals surface area contributed by atoms with Crippen molar-refractivity contribution in [1.29, 1.82) is 0 Å². The van der Waals surface area contributed by atoms with E-state index in [-0.39, 0.29) is 17.5 Å². The van der Waals surface area contributed by atoms with Crippen LogP contribution in [-0.4, -0.2) is 12.4 Å². The Balaban J connectivity index is 2.82. The maximum atomic E-state index is 14.6. The van der Waals surface area contributed by atoms with Gasteiger partial charge in [0.2, 0.25) is 5.88 Å². The number of halogens is 1. The highest BCUT2D eigenvalue weighted by Crippen LogP contribution is 2.23. The average molecular weight is 361 g/mol. The van der Waals surface area contributed by atoms with Gasteiger partial charge in [-0.1, -0.05) is 45.3 Å². The Bertz CT molecular complexity index is 677. The van der Waals surface area contributed by atoms with E-state index >= 15 is 0 Å². The molecule has 0 saturated carbocycles. The lowest BCUT2D eigenvalue weighted by atomic mass is 9.98. The molecule has 0 unspecified atom stereocenters. The fraction of sp³-hybridized carbons (Fsp3) is 0.500. The molecule has 0 saturated heterocycles. The Kier molecular flexibility index (Phi) is 9.11. The van der Waals surface area contributed by atoms with Gasteiger partial charge in [-0.3, -0.25) is 0 Å². The molecule has 1 aromatic carbocycles. The Morgan fingerprint density at radius 2 is 2.08 bits per heavy atom. The number of hydrogen-bond acceptors (Lipinski definition) is 2. The second-order valence-electron chi connectivity index (χ2n) is 6.90. The molecule has 0 spiro atoms. The highest BCUT2D eigenvalue weighted by Gasteiger charge is 2.14. The number of hydrogen-bond donors (Lipinski definition) is 1. The molecule has 0 radical (unpaired) electrons. The zero-order chi connectivity index (χ0) is 19.7. The fourth-order valence-corrected chi connectivity index (χ4v) is 2.82. The maximum absolute atomic E-state index is 14.6. The number of allylic oxidation sites excluding steroid dienone is 1. The number of nitrogens with two attached hydrogens (primary N) is 1. The lowest BCUT2D eigenvalue weighted by Gasteiger charge is -2.14. The van der Waals surface area contributed by atoms with Crippen molar-refractivity contribution in [3.05, 3.63) is 52.7 Å². The van der Waals surface area contributed by atoms with E-state index in [2.05, 4.69) is 25.4 Å². The second-order valence-corrected chi connectivity index (χ2v) is 6.90. The molecule has 144 valence electrons. The van der Waals surface area contributed by atoms with E-state index in [9.17, 15) is 4.39 Å². The fourth-order valence-electron chi connectivity index (χ4n) is 2.82. The van der Waals surface area contributed by atoms with Crippen LogP contribution in [0.3, 0.4) is 0 Å². The van der Waals surface area contributed by atoms with Crippen LogP contribution in [0, 0.1) is 25.6 Å². The molecule has 2 N–H and O–H groups in total. The van der Waals surface area contributed by atoms with Gasteiger partial charge in [-0.25, -0.2) is 4.39 Å². The van der Waals surface area contributed by atoms with Gasteiger partial charge in [0.15, 0.2) is 0 Å². The van der Waals surface area contributed by atoms with Crippen LogP contribution in [-0.2, 0) is 4.74 Å². The van der Waals surface area contributed by atoms with Crippen LogP contribution in [0.15, 0.2) is 29.6 Å². The normalized spacial score (nSPS) is 13.2. The van der Waals surface area contributed by atoms with Crippen molar-refractivity contribution in [2.75, 3.05) is 6.61 Å². The number of amidine groups is 1. The molecule has 0 aromatic heterocycles. The summed E-state index contributed by atoms with van der Waals surface area (Å²) in [7, 11) is 0. The second kappa shape index (κ2) is 10.8. The van der Waals surface area contributed by atoms with Crippen LogP contribution in [0.25, 0.3) is 6.08 Å². The van der Waals surface area contributed by atoms with E-state index < -0.39 is 0 Å². The molecule has 1 rings (SSSR count). The third-order valence-electron chi connectivity index (χ3n) is 4.44. The summed E-state index contributed by atoms with van der Waals surface area (Å²) in [6, 6.07) is 1.85. The minimum Gasteiger partial charge on any atom is -0.478 e. The Morgan fingerprint density at radius 1 is 1.38 bits per heavy atom. The standard InChI is InChI=1S/C22H33FN2O/c1-7-9-10-12-15(3)14-26-18(6)25-22(24)20-13-16(4)19(11-8-2)21(23)17(20)5/h8,11,13,15H,6-7,9-10,12,14H2,1-5H3,(H2,24,25)/b11-8+/t15-/m1/s1. The van der Waals surface area contributed by atoms with E-state index in [1.54, 1.807) is 13.0 Å². The molecule has 0 aliphatic heterocycles. The third kappa shape index (κ3) is 6.32. The van der Waals surface area contributed by atoms with Crippen molar-refractivity contribution in [2.24, 2.45) is 16.6 Å². The van der Waals surface area contributed by atoms with E-state index in [0.29, 0.717) is 29.2 Å². The van der Waals surface area contributed by atoms with Gasteiger partial charge in [-0.2, -0.15) is 4.99 Å². The molecule has 0 bridgehead atoms. The van der Waals surface area contributed by atoms with Crippen molar-refractivity contribution >= 4 is 11.9 Å². The number of ether oxygens (including phenoxy) is 1. The first-order chi connectivity index (χ1) is 12.3. The van der Waals surface area contributed by atoms with Crippen molar-refractivity contribution in [1.82, 2.24) is 0 Å². The highest BCUT2D eigenvalue weighted by atomic mass is 19.1. The average Bonchev–Trinajstić information content (AvgIpc) is 2.60. The van der Waals surface area contributed by atoms with Gasteiger partial charge >= 0.3 is 0 Å². The Morgan fingerprint density at radius 3 is 2.69 bits per heavy atom. The SMILES string of the molecule is C=C(/N=C(/N)c1cc(C)c(/C=C/C)c(F)c1C)OC[C@H](C)CCCCC. The van der Waals surface area contributed by atoms with Gasteiger partial charge in [-0.05, 0) is 56.9 Å². The topological polar surface area (TPSA) is 47.6 Å². The Labute approximate surface area is 157 Å². The molecule has 4 heteroatoms. The predicted octanol–water partition coefficient (Wildman–Crippen LogP) is 5.89. The van der Waals surface area contributed by atoms with Gasteiger partial charge in [0.05, 0.1) is 6.61 Å². The molecule has 0 aliphatic carbocycles. The first-order valence-corrected chi connectivity index (χ1v) is 9.40. The van der Waals surface area contributed by atoms with E-state index in [1.165, 1.54) is 19.3 Å². The summed E-state index contributed by atoms with van der Waals surface area (Å²) < 4.78 is 20.2. The lowest BCUT2D eigenvalue weighted by Crippen LogP contribution is -2.17. The number of nitrogens with zero attached hydrogens (tertiary/aromatic N) is 1. The van der Waals surface area contributed by atoms with Crippen molar-refractivity contribution in [2.45, 2.75) is 60.3 Å². The lowest BCUT2D eigenvalue weighted by molar-refractivity contribution is 0.166. The first kappa shape index (κ1) is 21.9. The zero-order valence-electron chi connectivity index (χ0n) is 16.9. The van der Waals surface area contributed by atoms with Gasteiger partial charge in [0.1, 0.15) is 11.7 Å². The largest absolute Gasteiger partial charge is 0.478 e. The number of aliphatic imine (C=N–C) groups is 1. The quantitative estimate of drug-likeness (QED) is 0.245. The molecule has 3 nitrogen and oxygen atoms in total. The van der Waals surface area contributed by atoms with Gasteiger partial charge in [0, 0.05) is 11.1 Å². The zero-order valence-corrected chi connectivity index (χ0v) is 16.9. The summed E-state index contributed by atoms with van der Waals surface area (Å²) in [6.45, 7) is 14.2. The molecular weight excluding hydrogens is 327 g/mol. The molecule has 0 amide bonds. The summed E-state index contributed by atoms with van der Waals surface area (Å²) >= 11 is 0. The number of rotatable bonds is 10. The van der Waals surface area contributed by atoms with Crippen LogP contribution in [0.5, 0.6) is 0 Å². The van der Waals surface area contributed by atoms with Gasteiger partial charge in [-0.15, -0.1) is 0 Å². The third-order valence-corrected chi connectivity index (χ3v) is 4.44. The predicted molar refractivity (Wildman–Crippen MR) is 110 cm³/mol. The monoisotopic (exact) mass is 360 g/mol. The number of benzene rings is 1.